The summed E-state index contributed by atoms with van der Waals surface area (Å²) in [5.74, 6) is -0.484. The number of non-ortho nitro benzene ring substituents is 1. The van der Waals surface area contributed by atoms with Gasteiger partial charge < -0.3 is 4.42 Å². The summed E-state index contributed by atoms with van der Waals surface area (Å²) >= 11 is 0. The molecular formula is C16H9NO5. The van der Waals surface area contributed by atoms with Crippen LogP contribution in [0.2, 0.25) is 0 Å². The van der Waals surface area contributed by atoms with Gasteiger partial charge in [0, 0.05) is 17.0 Å². The number of rotatable bonds is 3. The Kier molecular flexibility index (Phi) is 3.27. The van der Waals surface area contributed by atoms with Gasteiger partial charge in [0.05, 0.1) is 4.92 Å². The lowest BCUT2D eigenvalue weighted by Crippen LogP contribution is -2.14. The van der Waals surface area contributed by atoms with Gasteiger partial charge in [-0.3, -0.25) is 14.9 Å². The lowest BCUT2D eigenvalue weighted by molar-refractivity contribution is -0.383. The molecule has 1 aromatic heterocycles. The van der Waals surface area contributed by atoms with Gasteiger partial charge in [0.25, 0.3) is 0 Å². The number of carbonyl (C=O) groups is 1. The number of hydrogen-bond donors (Lipinski definition) is 0. The Labute approximate surface area is 123 Å². The molecule has 3 rings (SSSR count). The first kappa shape index (κ1) is 13.7. The van der Waals surface area contributed by atoms with Crippen LogP contribution in [0.1, 0.15) is 15.9 Å². The van der Waals surface area contributed by atoms with Crippen molar-refractivity contribution in [1.29, 1.82) is 0 Å². The predicted octanol–water partition coefficient (Wildman–Crippen LogP) is 2.93. The van der Waals surface area contributed by atoms with Crippen molar-refractivity contribution in [2.24, 2.45) is 0 Å². The van der Waals surface area contributed by atoms with E-state index in [-0.39, 0.29) is 16.8 Å². The van der Waals surface area contributed by atoms with E-state index in [2.05, 4.69) is 0 Å². The van der Waals surface area contributed by atoms with E-state index in [9.17, 15) is 19.7 Å². The summed E-state index contributed by atoms with van der Waals surface area (Å²) in [4.78, 5) is 34.7. The largest absolute Gasteiger partial charge is 0.415 e. The fourth-order valence-corrected chi connectivity index (χ4v) is 2.18. The van der Waals surface area contributed by atoms with Crippen molar-refractivity contribution in [3.05, 3.63) is 86.3 Å². The van der Waals surface area contributed by atoms with Crippen molar-refractivity contribution < 1.29 is 14.1 Å². The van der Waals surface area contributed by atoms with Crippen LogP contribution in [-0.2, 0) is 0 Å². The first-order valence-corrected chi connectivity index (χ1v) is 6.39. The second-order valence-electron chi connectivity index (χ2n) is 4.60. The normalized spacial score (nSPS) is 10.5. The molecule has 0 bridgehead atoms. The summed E-state index contributed by atoms with van der Waals surface area (Å²) < 4.78 is 5.01. The van der Waals surface area contributed by atoms with Gasteiger partial charge in [-0.05, 0) is 6.07 Å². The molecule has 0 unspecified atom stereocenters. The van der Waals surface area contributed by atoms with Gasteiger partial charge in [0.2, 0.25) is 5.58 Å². The summed E-state index contributed by atoms with van der Waals surface area (Å²) in [5.41, 5.74) is -1.15. The third-order valence-electron chi connectivity index (χ3n) is 3.22. The Balaban J connectivity index is 2.21. The van der Waals surface area contributed by atoms with Crippen LogP contribution in [0.15, 0.2) is 63.8 Å². The molecule has 0 spiro atoms. The topological polar surface area (TPSA) is 90.4 Å². The molecule has 6 nitrogen and oxygen atoms in total. The van der Waals surface area contributed by atoms with Crippen molar-refractivity contribution in [3.8, 4) is 0 Å². The van der Waals surface area contributed by atoms with Crippen LogP contribution >= 0.6 is 0 Å². The van der Waals surface area contributed by atoms with E-state index in [1.807, 2.05) is 0 Å². The van der Waals surface area contributed by atoms with Crippen LogP contribution in [-0.4, -0.2) is 10.7 Å². The summed E-state index contributed by atoms with van der Waals surface area (Å²) in [6.45, 7) is 0. The highest BCUT2D eigenvalue weighted by molar-refractivity contribution is 6.10. The molecule has 22 heavy (non-hydrogen) atoms. The van der Waals surface area contributed by atoms with E-state index < -0.39 is 16.3 Å². The van der Waals surface area contributed by atoms with Crippen LogP contribution in [0.25, 0.3) is 11.0 Å². The number of fused-ring (bicyclic) bond motifs is 1. The summed E-state index contributed by atoms with van der Waals surface area (Å²) in [6.07, 6.45) is 0. The van der Waals surface area contributed by atoms with E-state index in [0.29, 0.717) is 10.9 Å². The molecule has 1 heterocycles. The second-order valence-corrected chi connectivity index (χ2v) is 4.60. The number of nitro groups is 1. The summed E-state index contributed by atoms with van der Waals surface area (Å²) in [7, 11) is 0. The predicted molar refractivity (Wildman–Crippen MR) is 79.0 cm³/mol. The Bertz CT molecular complexity index is 944. The number of nitro benzene ring substituents is 1. The fourth-order valence-electron chi connectivity index (χ4n) is 2.18. The molecule has 0 radical (unpaired) electrons. The zero-order valence-corrected chi connectivity index (χ0v) is 11.2. The monoisotopic (exact) mass is 295 g/mol. The van der Waals surface area contributed by atoms with Crippen molar-refractivity contribution in [3.63, 3.8) is 0 Å². The number of ketones is 1. The van der Waals surface area contributed by atoms with Crippen molar-refractivity contribution in [2.45, 2.75) is 0 Å². The zero-order valence-electron chi connectivity index (χ0n) is 11.2. The number of nitrogens with zero attached hydrogens (tertiary/aromatic N) is 1. The molecular weight excluding hydrogens is 286 g/mol. The third-order valence-corrected chi connectivity index (χ3v) is 3.22. The van der Waals surface area contributed by atoms with Gasteiger partial charge in [0.15, 0.2) is 5.78 Å². The Morgan fingerprint density at radius 3 is 2.45 bits per heavy atom. The lowest BCUT2D eigenvalue weighted by atomic mass is 10.0. The number of carbonyl (C=O) groups excluding carboxylic acids is 1. The minimum Gasteiger partial charge on any atom is -0.415 e. The molecule has 108 valence electrons. The van der Waals surface area contributed by atoms with Gasteiger partial charge in [-0.1, -0.05) is 42.5 Å². The molecule has 3 aromatic rings. The molecule has 0 saturated carbocycles. The Hall–Kier alpha value is -3.28. The van der Waals surface area contributed by atoms with Gasteiger partial charge in [0.1, 0.15) is 5.56 Å². The molecule has 0 aliphatic rings. The van der Waals surface area contributed by atoms with Gasteiger partial charge in [-0.2, -0.15) is 0 Å². The molecule has 0 atom stereocenters. The SMILES string of the molecule is O=C(c1ccccc1)c1cc2cccc([N+](=O)[O-])c2oc1=O. The van der Waals surface area contributed by atoms with Gasteiger partial charge in [-0.25, -0.2) is 4.79 Å². The Morgan fingerprint density at radius 1 is 1.05 bits per heavy atom. The van der Waals surface area contributed by atoms with Crippen LogP contribution in [0, 0.1) is 10.1 Å². The molecule has 0 aliphatic heterocycles. The highest BCUT2D eigenvalue weighted by Crippen LogP contribution is 2.25. The first-order chi connectivity index (χ1) is 10.6. The number of para-hydroxylation sites is 1. The average Bonchev–Trinajstić information content (AvgIpc) is 2.53. The molecule has 0 saturated heterocycles. The fraction of sp³-hybridized carbons (Fsp3) is 0. The van der Waals surface area contributed by atoms with E-state index in [0.717, 1.165) is 0 Å². The second kappa shape index (κ2) is 5.25. The van der Waals surface area contributed by atoms with Crippen molar-refractivity contribution in [2.75, 3.05) is 0 Å². The van der Waals surface area contributed by atoms with Crippen LogP contribution < -0.4 is 5.63 Å². The molecule has 0 amide bonds. The number of benzene rings is 2. The smallest absolute Gasteiger partial charge is 0.347 e. The highest BCUT2D eigenvalue weighted by Gasteiger charge is 2.19. The lowest BCUT2D eigenvalue weighted by Gasteiger charge is -2.02. The maximum absolute atomic E-state index is 12.3. The molecule has 0 aliphatic carbocycles. The van der Waals surface area contributed by atoms with Crippen LogP contribution in [0.3, 0.4) is 0 Å². The maximum Gasteiger partial charge on any atom is 0.347 e. The van der Waals surface area contributed by atoms with Crippen LogP contribution in [0.4, 0.5) is 5.69 Å². The van der Waals surface area contributed by atoms with Crippen LogP contribution in [0.5, 0.6) is 0 Å². The van der Waals surface area contributed by atoms with Crippen molar-refractivity contribution in [1.82, 2.24) is 0 Å². The summed E-state index contributed by atoms with van der Waals surface area (Å²) in [6, 6.07) is 13.9. The molecule has 2 aromatic carbocycles. The third kappa shape index (κ3) is 2.26. The van der Waals surface area contributed by atoms with Crippen molar-refractivity contribution >= 4 is 22.4 Å². The van der Waals surface area contributed by atoms with E-state index in [4.69, 9.17) is 4.42 Å². The minimum atomic E-state index is -0.893. The highest BCUT2D eigenvalue weighted by atomic mass is 16.6. The number of hydrogen-bond acceptors (Lipinski definition) is 5. The molecule has 6 heteroatoms. The molecule has 0 N–H and O–H groups in total. The van der Waals surface area contributed by atoms with Gasteiger partial charge in [-0.15, -0.1) is 0 Å². The average molecular weight is 295 g/mol. The maximum atomic E-state index is 12.3. The minimum absolute atomic E-state index is 0.137. The quantitative estimate of drug-likeness (QED) is 0.321. The first-order valence-electron chi connectivity index (χ1n) is 6.39. The standard InChI is InChI=1S/C16H9NO5/c18-14(10-5-2-1-3-6-10)12-9-11-7-4-8-13(17(20)21)15(11)22-16(12)19/h1-9H. The van der Waals surface area contributed by atoms with E-state index >= 15 is 0 Å². The zero-order chi connectivity index (χ0) is 15.7. The Morgan fingerprint density at radius 2 is 1.77 bits per heavy atom. The van der Waals surface area contributed by atoms with E-state index in [1.165, 1.54) is 18.2 Å². The van der Waals surface area contributed by atoms with E-state index in [1.54, 1.807) is 36.4 Å². The van der Waals surface area contributed by atoms with Gasteiger partial charge >= 0.3 is 11.3 Å². The molecule has 0 fully saturated rings. The summed E-state index contributed by atoms with van der Waals surface area (Å²) in [5, 5.41) is 11.3.